The number of likely N-dealkylation sites (tertiary alicyclic amines) is 1. The summed E-state index contributed by atoms with van der Waals surface area (Å²) in [5.41, 5.74) is 3.76. The van der Waals surface area contributed by atoms with Crippen molar-refractivity contribution in [3.8, 4) is 0 Å². The number of rotatable bonds is 1. The highest BCUT2D eigenvalue weighted by atomic mass is 32.1. The zero-order chi connectivity index (χ0) is 19.7. The maximum atomic E-state index is 13.4. The number of aliphatic hydroxyl groups is 1. The molecule has 4 nitrogen and oxygen atoms in total. The second-order valence-corrected chi connectivity index (χ2v) is 9.40. The van der Waals surface area contributed by atoms with E-state index in [9.17, 15) is 9.90 Å². The zero-order valence-corrected chi connectivity index (χ0v) is 17.0. The third kappa shape index (κ3) is 2.44. The number of carbonyl (C=O) groups excluding carboxylic acids is 1. The number of nitrogens with zero attached hydrogens (tertiary/aromatic N) is 2. The summed E-state index contributed by atoms with van der Waals surface area (Å²) in [7, 11) is 2.10. The van der Waals surface area contributed by atoms with Crippen LogP contribution in [0.4, 0.5) is 0 Å². The number of β-amino-alcohol motifs (C(OH)–C–C–N with tert-alkyl or cyclic N) is 1. The van der Waals surface area contributed by atoms with E-state index in [2.05, 4.69) is 41.9 Å². The SMILES string of the molecule is Cn1c2c(c3ccccc31)C[C@@H]1C[C@H]2[C@@H](O)CN1C(=O)c1cc2ccccc2s1. The number of hydrogen-bond donors (Lipinski definition) is 1. The second kappa shape index (κ2) is 6.18. The first kappa shape index (κ1) is 17.2. The Balaban J connectivity index is 1.41. The number of carbonyl (C=O) groups is 1. The van der Waals surface area contributed by atoms with Crippen molar-refractivity contribution in [2.75, 3.05) is 6.54 Å². The molecule has 6 rings (SSSR count). The van der Waals surface area contributed by atoms with Gasteiger partial charge in [-0.15, -0.1) is 11.3 Å². The number of piperidine rings is 1. The third-order valence-electron chi connectivity index (χ3n) is 6.76. The molecule has 0 radical (unpaired) electrons. The summed E-state index contributed by atoms with van der Waals surface area (Å²) in [4.78, 5) is 16.1. The number of aromatic nitrogens is 1. The molecule has 1 amide bonds. The Bertz CT molecular complexity index is 1240. The Morgan fingerprint density at radius 2 is 1.93 bits per heavy atom. The normalized spacial score (nSPS) is 23.5. The molecule has 0 spiro atoms. The van der Waals surface area contributed by atoms with Gasteiger partial charge in [-0.25, -0.2) is 0 Å². The predicted octanol–water partition coefficient (Wildman–Crippen LogP) is 4.31. The summed E-state index contributed by atoms with van der Waals surface area (Å²) >= 11 is 1.55. The molecule has 3 heterocycles. The fourth-order valence-corrected chi connectivity index (χ4v) is 6.45. The van der Waals surface area contributed by atoms with E-state index in [1.165, 1.54) is 22.2 Å². The van der Waals surface area contributed by atoms with E-state index >= 15 is 0 Å². The molecule has 4 aromatic rings. The molecule has 2 aromatic carbocycles. The van der Waals surface area contributed by atoms with Gasteiger partial charge in [0.2, 0.25) is 0 Å². The van der Waals surface area contributed by atoms with Gasteiger partial charge in [0.05, 0.1) is 11.0 Å². The van der Waals surface area contributed by atoms with Gasteiger partial charge < -0.3 is 14.6 Å². The van der Waals surface area contributed by atoms with Gasteiger partial charge >= 0.3 is 0 Å². The van der Waals surface area contributed by atoms with Crippen molar-refractivity contribution in [2.45, 2.75) is 30.9 Å². The van der Waals surface area contributed by atoms with Crippen molar-refractivity contribution in [1.82, 2.24) is 9.47 Å². The number of amides is 1. The topological polar surface area (TPSA) is 45.5 Å². The van der Waals surface area contributed by atoms with Crippen LogP contribution in [-0.4, -0.2) is 39.2 Å². The quantitative estimate of drug-likeness (QED) is 0.516. The Labute approximate surface area is 173 Å². The molecule has 0 saturated carbocycles. The van der Waals surface area contributed by atoms with Crippen molar-refractivity contribution >= 4 is 38.2 Å². The van der Waals surface area contributed by atoms with Crippen molar-refractivity contribution in [2.24, 2.45) is 7.05 Å². The minimum absolute atomic E-state index is 0.0531. The molecule has 0 unspecified atom stereocenters. The maximum absolute atomic E-state index is 13.4. The molecular formula is C24H22N2O2S. The molecule has 146 valence electrons. The Morgan fingerprint density at radius 3 is 2.79 bits per heavy atom. The molecule has 2 aromatic heterocycles. The van der Waals surface area contributed by atoms with E-state index in [1.807, 2.05) is 29.2 Å². The van der Waals surface area contributed by atoms with Gasteiger partial charge in [-0.2, -0.15) is 0 Å². The molecule has 3 atom stereocenters. The molecule has 5 heteroatoms. The van der Waals surface area contributed by atoms with E-state index < -0.39 is 6.10 Å². The third-order valence-corrected chi connectivity index (χ3v) is 7.87. The molecule has 1 N–H and O–H groups in total. The van der Waals surface area contributed by atoms with Crippen LogP contribution in [0.15, 0.2) is 54.6 Å². The van der Waals surface area contributed by atoms with Crippen LogP contribution in [0, 0.1) is 0 Å². The lowest BCUT2D eigenvalue weighted by Gasteiger charge is -2.45. The van der Waals surface area contributed by atoms with E-state index in [4.69, 9.17) is 0 Å². The molecule has 29 heavy (non-hydrogen) atoms. The second-order valence-electron chi connectivity index (χ2n) is 8.31. The standard InChI is InChI=1S/C24H22N2O2S/c1-25-19-8-4-3-7-16(19)17-11-15-12-18(23(17)25)20(27)13-26(15)24(28)22-10-14-6-2-5-9-21(14)29-22/h2-10,15,18,20,27H,11-13H2,1H3/t15-,18+,20+/m1/s1. The summed E-state index contributed by atoms with van der Waals surface area (Å²) in [6.45, 7) is 0.406. The average molecular weight is 403 g/mol. The van der Waals surface area contributed by atoms with E-state index in [-0.39, 0.29) is 17.9 Å². The molecule has 2 aliphatic rings. The average Bonchev–Trinajstić information content (AvgIpc) is 3.30. The number of benzene rings is 2. The molecule has 1 aliphatic carbocycles. The van der Waals surface area contributed by atoms with Gasteiger partial charge in [0, 0.05) is 46.8 Å². The van der Waals surface area contributed by atoms with Crippen molar-refractivity contribution < 1.29 is 9.90 Å². The summed E-state index contributed by atoms with van der Waals surface area (Å²) < 4.78 is 3.38. The zero-order valence-electron chi connectivity index (χ0n) is 16.2. The lowest BCUT2D eigenvalue weighted by molar-refractivity contribution is 0.0106. The van der Waals surface area contributed by atoms with Crippen LogP contribution in [0.25, 0.3) is 21.0 Å². The molecule has 1 aliphatic heterocycles. The van der Waals surface area contributed by atoms with Crippen LogP contribution in [0.2, 0.25) is 0 Å². The van der Waals surface area contributed by atoms with Crippen LogP contribution in [0.3, 0.4) is 0 Å². The molecule has 1 fully saturated rings. The lowest BCUT2D eigenvalue weighted by Crippen LogP contribution is -2.54. The molecule has 1 saturated heterocycles. The van der Waals surface area contributed by atoms with Gasteiger partial charge in [-0.3, -0.25) is 4.79 Å². The number of fused-ring (bicyclic) bond motifs is 7. The van der Waals surface area contributed by atoms with E-state index in [0.29, 0.717) is 6.54 Å². The Hall–Kier alpha value is -2.63. The van der Waals surface area contributed by atoms with Gasteiger partial charge in [0.1, 0.15) is 0 Å². The van der Waals surface area contributed by atoms with Gasteiger partial charge in [-0.05, 0) is 42.0 Å². The highest BCUT2D eigenvalue weighted by Gasteiger charge is 2.44. The van der Waals surface area contributed by atoms with Crippen molar-refractivity contribution in [3.63, 3.8) is 0 Å². The van der Waals surface area contributed by atoms with Crippen LogP contribution in [0.5, 0.6) is 0 Å². The highest BCUT2D eigenvalue weighted by Crippen LogP contribution is 2.44. The number of para-hydroxylation sites is 1. The van der Waals surface area contributed by atoms with Crippen LogP contribution in [-0.2, 0) is 13.5 Å². The van der Waals surface area contributed by atoms with Crippen molar-refractivity contribution in [3.05, 3.63) is 70.7 Å². The fourth-order valence-electron chi connectivity index (χ4n) is 5.43. The summed E-state index contributed by atoms with van der Waals surface area (Å²) in [6, 6.07) is 18.7. The number of thiophene rings is 1. The van der Waals surface area contributed by atoms with Gasteiger partial charge in [-0.1, -0.05) is 36.4 Å². The predicted molar refractivity (Wildman–Crippen MR) is 117 cm³/mol. The van der Waals surface area contributed by atoms with Crippen LogP contribution < -0.4 is 0 Å². The number of hydrogen-bond acceptors (Lipinski definition) is 3. The smallest absolute Gasteiger partial charge is 0.264 e. The minimum atomic E-state index is -0.536. The van der Waals surface area contributed by atoms with Crippen LogP contribution >= 0.6 is 11.3 Å². The van der Waals surface area contributed by atoms with Gasteiger partial charge in [0.25, 0.3) is 5.91 Å². The van der Waals surface area contributed by atoms with E-state index in [0.717, 1.165) is 27.8 Å². The molecule has 2 bridgehead atoms. The minimum Gasteiger partial charge on any atom is -0.391 e. The fraction of sp³-hybridized carbons (Fsp3) is 0.292. The largest absolute Gasteiger partial charge is 0.391 e. The van der Waals surface area contributed by atoms with Crippen molar-refractivity contribution in [1.29, 1.82) is 0 Å². The summed E-state index contributed by atoms with van der Waals surface area (Å²) in [5, 5.41) is 13.4. The highest BCUT2D eigenvalue weighted by molar-refractivity contribution is 7.20. The Morgan fingerprint density at radius 1 is 1.14 bits per heavy atom. The first-order valence-electron chi connectivity index (χ1n) is 10.2. The first-order valence-corrected chi connectivity index (χ1v) is 11.0. The first-order chi connectivity index (χ1) is 14.1. The maximum Gasteiger partial charge on any atom is 0.264 e. The monoisotopic (exact) mass is 402 g/mol. The summed E-state index contributed by atoms with van der Waals surface area (Å²) in [5.74, 6) is 0.144. The lowest BCUT2D eigenvalue weighted by atomic mass is 9.76. The van der Waals surface area contributed by atoms with Gasteiger partial charge in [0.15, 0.2) is 0 Å². The number of aliphatic hydroxyl groups excluding tert-OH is 1. The number of aryl methyl sites for hydroxylation is 1. The van der Waals surface area contributed by atoms with Crippen LogP contribution in [0.1, 0.15) is 33.3 Å². The molecular weight excluding hydrogens is 380 g/mol. The van der Waals surface area contributed by atoms with E-state index in [1.54, 1.807) is 11.3 Å². The Kier molecular flexibility index (Phi) is 3.68. The summed E-state index contributed by atoms with van der Waals surface area (Å²) in [6.07, 6.45) is 1.15.